The topological polar surface area (TPSA) is 61.8 Å². The van der Waals surface area contributed by atoms with Crippen LogP contribution in [0.15, 0.2) is 12.1 Å². The van der Waals surface area contributed by atoms with Crippen molar-refractivity contribution in [2.24, 2.45) is 0 Å². The molecule has 1 aromatic heterocycles. The second-order valence-electron chi connectivity index (χ2n) is 5.19. The second kappa shape index (κ2) is 7.98. The summed E-state index contributed by atoms with van der Waals surface area (Å²) in [6.45, 7) is 3.90. The maximum atomic E-state index is 12.2. The third kappa shape index (κ3) is 5.14. The van der Waals surface area contributed by atoms with Crippen LogP contribution in [0.2, 0.25) is 4.34 Å². The van der Waals surface area contributed by atoms with E-state index in [0.717, 1.165) is 15.6 Å². The molecule has 0 bridgehead atoms. The minimum Gasteiger partial charge on any atom is -0.393 e. The summed E-state index contributed by atoms with van der Waals surface area (Å²) in [5, 5.41) is 12.4. The van der Waals surface area contributed by atoms with Crippen LogP contribution < -0.4 is 5.32 Å². The molecule has 5 nitrogen and oxygen atoms in total. The molecule has 1 aliphatic heterocycles. The lowest BCUT2D eigenvalue weighted by Crippen LogP contribution is -2.53. The molecule has 2 amide bonds. The van der Waals surface area contributed by atoms with E-state index in [0.29, 0.717) is 32.7 Å². The van der Waals surface area contributed by atoms with Crippen molar-refractivity contribution in [1.29, 1.82) is 0 Å². The van der Waals surface area contributed by atoms with Crippen LogP contribution in [-0.2, 0) is 11.2 Å². The largest absolute Gasteiger partial charge is 0.393 e. The maximum Gasteiger partial charge on any atom is 0.317 e. The lowest BCUT2D eigenvalue weighted by molar-refractivity contribution is -0.00425. The average Bonchev–Trinajstić information content (AvgIpc) is 2.84. The van der Waals surface area contributed by atoms with Gasteiger partial charge in [-0.3, -0.25) is 0 Å². The molecule has 0 spiro atoms. The molecule has 1 aliphatic rings. The van der Waals surface area contributed by atoms with Crippen molar-refractivity contribution in [2.45, 2.75) is 31.9 Å². The van der Waals surface area contributed by atoms with E-state index in [2.05, 4.69) is 5.32 Å². The molecule has 1 fully saturated rings. The Labute approximate surface area is 133 Å². The summed E-state index contributed by atoms with van der Waals surface area (Å²) in [7, 11) is 0. The van der Waals surface area contributed by atoms with Crippen LogP contribution in [0.25, 0.3) is 0 Å². The van der Waals surface area contributed by atoms with Crippen LogP contribution in [0, 0.1) is 0 Å². The van der Waals surface area contributed by atoms with E-state index in [-0.39, 0.29) is 12.1 Å². The van der Waals surface area contributed by atoms with Crippen molar-refractivity contribution >= 4 is 29.0 Å². The lowest BCUT2D eigenvalue weighted by Gasteiger charge is -2.36. The van der Waals surface area contributed by atoms with Gasteiger partial charge in [0.25, 0.3) is 0 Å². The number of ether oxygens (including phenoxy) is 1. The number of morpholine rings is 1. The highest BCUT2D eigenvalue weighted by Gasteiger charge is 2.27. The normalized spacial score (nSPS) is 20.3. The van der Waals surface area contributed by atoms with E-state index in [1.165, 1.54) is 11.3 Å². The molecule has 0 aromatic carbocycles. The SMILES string of the molecule is C[C@@H](O)C[C@H]1COCCN1C(=O)NCCc1ccc(Cl)s1. The standard InChI is InChI=1S/C14H21ClN2O3S/c1-10(18)8-11-9-20-7-6-17(11)14(19)16-5-4-12-2-3-13(15)21-12/h2-3,10-11,18H,4-9H2,1H3,(H,16,19)/t10-,11+/m1/s1. The molecule has 0 radical (unpaired) electrons. The Hall–Kier alpha value is -0.820. The number of nitrogens with one attached hydrogen (secondary N) is 1. The van der Waals surface area contributed by atoms with Gasteiger partial charge in [0.05, 0.1) is 29.7 Å². The molecule has 2 rings (SSSR count). The number of thiophene rings is 1. The molecule has 118 valence electrons. The maximum absolute atomic E-state index is 12.2. The average molecular weight is 333 g/mol. The number of rotatable bonds is 5. The monoisotopic (exact) mass is 332 g/mol. The van der Waals surface area contributed by atoms with E-state index in [1.54, 1.807) is 11.8 Å². The van der Waals surface area contributed by atoms with Gasteiger partial charge in [-0.25, -0.2) is 4.79 Å². The number of aliphatic hydroxyl groups excluding tert-OH is 1. The number of amides is 2. The van der Waals surface area contributed by atoms with Crippen LogP contribution in [0.1, 0.15) is 18.2 Å². The van der Waals surface area contributed by atoms with Gasteiger partial charge in [0, 0.05) is 18.0 Å². The van der Waals surface area contributed by atoms with Gasteiger partial charge in [-0.2, -0.15) is 0 Å². The van der Waals surface area contributed by atoms with Crippen molar-refractivity contribution in [3.63, 3.8) is 0 Å². The Morgan fingerprint density at radius 2 is 2.48 bits per heavy atom. The highest BCUT2D eigenvalue weighted by molar-refractivity contribution is 7.16. The number of carbonyl (C=O) groups excluding carboxylic acids is 1. The quantitative estimate of drug-likeness (QED) is 0.868. The molecular weight excluding hydrogens is 312 g/mol. The first kappa shape index (κ1) is 16.5. The van der Waals surface area contributed by atoms with Crippen LogP contribution in [0.5, 0.6) is 0 Å². The van der Waals surface area contributed by atoms with Gasteiger partial charge in [0.1, 0.15) is 0 Å². The predicted octanol–water partition coefficient (Wildman–Crippen LogP) is 2.13. The summed E-state index contributed by atoms with van der Waals surface area (Å²) in [5.41, 5.74) is 0. The van der Waals surface area contributed by atoms with Crippen molar-refractivity contribution in [1.82, 2.24) is 10.2 Å². The third-order valence-electron chi connectivity index (χ3n) is 3.38. The van der Waals surface area contributed by atoms with Gasteiger partial charge in [-0.05, 0) is 31.9 Å². The first-order chi connectivity index (χ1) is 10.1. The zero-order valence-corrected chi connectivity index (χ0v) is 13.6. The highest BCUT2D eigenvalue weighted by Crippen LogP contribution is 2.21. The summed E-state index contributed by atoms with van der Waals surface area (Å²) in [6, 6.07) is 3.69. The minimum absolute atomic E-state index is 0.0602. The molecule has 2 heterocycles. The Balaban J connectivity index is 1.80. The molecule has 1 aromatic rings. The van der Waals surface area contributed by atoms with Gasteiger partial charge < -0.3 is 20.1 Å². The van der Waals surface area contributed by atoms with Gasteiger partial charge in [-0.1, -0.05) is 11.6 Å². The zero-order chi connectivity index (χ0) is 15.2. The molecule has 2 N–H and O–H groups in total. The van der Waals surface area contributed by atoms with Crippen LogP contribution in [0.3, 0.4) is 0 Å². The Morgan fingerprint density at radius 3 is 3.14 bits per heavy atom. The minimum atomic E-state index is -0.444. The van der Waals surface area contributed by atoms with Gasteiger partial charge in [-0.15, -0.1) is 11.3 Å². The smallest absolute Gasteiger partial charge is 0.317 e. The number of halogens is 1. The fourth-order valence-electron chi connectivity index (χ4n) is 2.39. The van der Waals surface area contributed by atoms with E-state index >= 15 is 0 Å². The molecule has 0 aliphatic carbocycles. The van der Waals surface area contributed by atoms with Crippen molar-refractivity contribution in [3.8, 4) is 0 Å². The summed E-state index contributed by atoms with van der Waals surface area (Å²) in [6.07, 6.45) is 0.864. The molecule has 2 atom stereocenters. The Kier molecular flexibility index (Phi) is 6.29. The van der Waals surface area contributed by atoms with E-state index in [9.17, 15) is 9.90 Å². The van der Waals surface area contributed by atoms with Gasteiger partial charge in [0.15, 0.2) is 0 Å². The Morgan fingerprint density at radius 1 is 1.67 bits per heavy atom. The number of hydrogen-bond donors (Lipinski definition) is 2. The molecule has 21 heavy (non-hydrogen) atoms. The number of aliphatic hydroxyl groups is 1. The highest BCUT2D eigenvalue weighted by atomic mass is 35.5. The second-order valence-corrected chi connectivity index (χ2v) is 6.99. The van der Waals surface area contributed by atoms with E-state index in [4.69, 9.17) is 16.3 Å². The first-order valence-electron chi connectivity index (χ1n) is 7.10. The zero-order valence-electron chi connectivity index (χ0n) is 12.0. The van der Waals surface area contributed by atoms with E-state index < -0.39 is 6.10 Å². The van der Waals surface area contributed by atoms with Gasteiger partial charge in [0.2, 0.25) is 0 Å². The van der Waals surface area contributed by atoms with Crippen LogP contribution >= 0.6 is 22.9 Å². The fourth-order valence-corrected chi connectivity index (χ4v) is 3.48. The van der Waals surface area contributed by atoms with Crippen molar-refractivity contribution in [3.05, 3.63) is 21.3 Å². The van der Waals surface area contributed by atoms with Crippen LogP contribution in [-0.4, -0.2) is 54.5 Å². The van der Waals surface area contributed by atoms with Crippen molar-refractivity contribution in [2.75, 3.05) is 26.3 Å². The predicted molar refractivity (Wildman–Crippen MR) is 84.0 cm³/mol. The van der Waals surface area contributed by atoms with Crippen LogP contribution in [0.4, 0.5) is 4.79 Å². The first-order valence-corrected chi connectivity index (χ1v) is 8.30. The summed E-state index contributed by atoms with van der Waals surface area (Å²) >= 11 is 7.41. The Bertz CT molecular complexity index is 467. The molecule has 0 unspecified atom stereocenters. The molecule has 7 heteroatoms. The number of carbonyl (C=O) groups is 1. The molecule has 0 saturated carbocycles. The third-order valence-corrected chi connectivity index (χ3v) is 4.67. The number of urea groups is 1. The number of nitrogens with zero attached hydrogens (tertiary/aromatic N) is 1. The molecular formula is C14H21ClN2O3S. The summed E-state index contributed by atoms with van der Waals surface area (Å²) < 4.78 is 6.16. The van der Waals surface area contributed by atoms with Crippen molar-refractivity contribution < 1.29 is 14.6 Å². The molecule has 1 saturated heterocycles. The summed E-state index contributed by atoms with van der Waals surface area (Å²) in [5.74, 6) is 0. The fraction of sp³-hybridized carbons (Fsp3) is 0.643. The van der Waals surface area contributed by atoms with Gasteiger partial charge >= 0.3 is 6.03 Å². The lowest BCUT2D eigenvalue weighted by atomic mass is 10.1. The summed E-state index contributed by atoms with van der Waals surface area (Å²) in [4.78, 5) is 15.2. The number of hydrogen-bond acceptors (Lipinski definition) is 4. The van der Waals surface area contributed by atoms with E-state index in [1.807, 2.05) is 12.1 Å².